The number of hydrogen-bond acceptors (Lipinski definition) is 2. The van der Waals surface area contributed by atoms with E-state index in [1.54, 1.807) is 0 Å². The molecule has 10 rings (SSSR count). The molecule has 0 bridgehead atoms. The number of para-hydroxylation sites is 4. The predicted octanol–water partition coefficient (Wildman–Crippen LogP) is 16.6. The Hall–Kier alpha value is -8.04. The number of rotatable bonds is 8. The van der Waals surface area contributed by atoms with Gasteiger partial charge in [0, 0.05) is 56.4 Å². The normalized spacial score (nSPS) is 11.2. The lowest BCUT2D eigenvalue weighted by molar-refractivity contribution is 0.875. The van der Waals surface area contributed by atoms with E-state index in [4.69, 9.17) is 0 Å². The van der Waals surface area contributed by atoms with Crippen molar-refractivity contribution in [3.8, 4) is 23.7 Å². The first-order chi connectivity index (χ1) is 31.4. The molecule has 0 radical (unpaired) electrons. The molecule has 10 aromatic carbocycles. The van der Waals surface area contributed by atoms with Gasteiger partial charge in [0.2, 0.25) is 0 Å². The second kappa shape index (κ2) is 17.4. The standard InChI is InChI=1S/C62H48N2/c1-43(2)59-41-47(31-25-45-27-33-53(34-28-45)63(49-17-9-5-10-18-49)50-19-11-6-12-20-50)55-37-38-56-48(42-60(44(3)4)58-40-39-57(59)61(55)62(56)58)32-26-46-29-35-54(36-30-46)64(51-21-13-7-14-22-51)52-23-15-8-16-24-52/h5-24,27-30,33-44H,1-4H3. The van der Waals surface area contributed by atoms with Gasteiger partial charge in [0.05, 0.1) is 0 Å². The Morgan fingerprint density at radius 3 is 0.875 bits per heavy atom. The van der Waals surface area contributed by atoms with Crippen molar-refractivity contribution < 1.29 is 0 Å². The van der Waals surface area contributed by atoms with Crippen LogP contribution in [0.4, 0.5) is 34.1 Å². The van der Waals surface area contributed by atoms with Crippen LogP contribution in [0.3, 0.4) is 0 Å². The van der Waals surface area contributed by atoms with Crippen LogP contribution in [0.15, 0.2) is 206 Å². The van der Waals surface area contributed by atoms with E-state index in [2.05, 4.69) is 267 Å². The van der Waals surface area contributed by atoms with Crippen molar-refractivity contribution in [3.63, 3.8) is 0 Å². The molecule has 2 nitrogen and oxygen atoms in total. The van der Waals surface area contributed by atoms with Gasteiger partial charge in [-0.25, -0.2) is 0 Å². The lowest BCUT2D eigenvalue weighted by Gasteiger charge is -2.25. The van der Waals surface area contributed by atoms with Crippen LogP contribution in [0.2, 0.25) is 0 Å². The zero-order valence-electron chi connectivity index (χ0n) is 36.7. The predicted molar refractivity (Wildman–Crippen MR) is 273 cm³/mol. The summed E-state index contributed by atoms with van der Waals surface area (Å²) in [7, 11) is 0. The summed E-state index contributed by atoms with van der Waals surface area (Å²) in [6, 6.07) is 73.1. The van der Waals surface area contributed by atoms with E-state index in [-0.39, 0.29) is 0 Å². The molecule has 0 fully saturated rings. The van der Waals surface area contributed by atoms with Crippen LogP contribution >= 0.6 is 0 Å². The molecule has 0 aromatic heterocycles. The first-order valence-corrected chi connectivity index (χ1v) is 22.2. The Balaban J connectivity index is 1.04. The van der Waals surface area contributed by atoms with E-state index < -0.39 is 0 Å². The molecule has 0 spiro atoms. The van der Waals surface area contributed by atoms with Crippen molar-refractivity contribution in [1.82, 2.24) is 0 Å². The van der Waals surface area contributed by atoms with Crippen molar-refractivity contribution in [1.29, 1.82) is 0 Å². The van der Waals surface area contributed by atoms with Crippen LogP contribution < -0.4 is 9.80 Å². The van der Waals surface area contributed by atoms with Crippen molar-refractivity contribution in [2.24, 2.45) is 0 Å². The summed E-state index contributed by atoms with van der Waals surface area (Å²) in [4.78, 5) is 4.55. The number of anilines is 6. The topological polar surface area (TPSA) is 6.48 Å². The molecule has 2 heteroatoms. The van der Waals surface area contributed by atoms with Crippen LogP contribution in [-0.4, -0.2) is 0 Å². The maximum absolute atomic E-state index is 3.66. The van der Waals surface area contributed by atoms with Gasteiger partial charge in [-0.3, -0.25) is 0 Å². The molecule has 0 aliphatic carbocycles. The van der Waals surface area contributed by atoms with Crippen molar-refractivity contribution in [3.05, 3.63) is 240 Å². The van der Waals surface area contributed by atoms with Crippen molar-refractivity contribution in [2.75, 3.05) is 9.80 Å². The zero-order valence-corrected chi connectivity index (χ0v) is 36.7. The van der Waals surface area contributed by atoms with Crippen LogP contribution in [0.1, 0.15) is 72.9 Å². The minimum atomic E-state index is 0.317. The molecule has 0 amide bonds. The van der Waals surface area contributed by atoms with Gasteiger partial charge in [-0.05, 0) is 164 Å². The lowest BCUT2D eigenvalue weighted by atomic mass is 9.82. The third kappa shape index (κ3) is 7.73. The molecule has 0 N–H and O–H groups in total. The van der Waals surface area contributed by atoms with Gasteiger partial charge in [0.15, 0.2) is 0 Å². The number of nitrogens with zero attached hydrogens (tertiary/aromatic N) is 2. The molecule has 0 aliphatic heterocycles. The second-order valence-electron chi connectivity index (χ2n) is 17.0. The molecule has 0 heterocycles. The van der Waals surface area contributed by atoms with Crippen LogP contribution in [0.25, 0.3) is 32.3 Å². The molecular formula is C62H48N2. The monoisotopic (exact) mass is 820 g/mol. The highest BCUT2D eigenvalue weighted by Gasteiger charge is 2.20. The molecule has 0 saturated carbocycles. The fraction of sp³-hybridized carbons (Fsp3) is 0.0968. The summed E-state index contributed by atoms with van der Waals surface area (Å²) in [5.74, 6) is 15.1. The molecule has 64 heavy (non-hydrogen) atoms. The largest absolute Gasteiger partial charge is 0.311 e. The Labute approximate surface area is 377 Å². The maximum Gasteiger partial charge on any atom is 0.0462 e. The quantitative estimate of drug-likeness (QED) is 0.111. The average molecular weight is 821 g/mol. The summed E-state index contributed by atoms with van der Waals surface area (Å²) in [5.41, 5.74) is 13.3. The molecule has 0 aliphatic rings. The summed E-state index contributed by atoms with van der Waals surface area (Å²) in [5, 5.41) is 7.49. The van der Waals surface area contributed by atoms with Crippen LogP contribution in [0.5, 0.6) is 0 Å². The van der Waals surface area contributed by atoms with Gasteiger partial charge in [-0.15, -0.1) is 0 Å². The SMILES string of the molecule is CC(C)c1cc(C#Cc2ccc(N(c3ccccc3)c3ccccc3)cc2)c2ccc3c(C#Cc4ccc(N(c5ccccc5)c5ccccc5)cc4)cc(C(C)C)c4ccc1c2c34. The van der Waals surface area contributed by atoms with Crippen LogP contribution in [-0.2, 0) is 0 Å². The van der Waals surface area contributed by atoms with E-state index >= 15 is 0 Å². The van der Waals surface area contributed by atoms with Crippen LogP contribution in [0, 0.1) is 23.7 Å². The Morgan fingerprint density at radius 1 is 0.297 bits per heavy atom. The van der Waals surface area contributed by atoms with E-state index in [0.717, 1.165) is 56.4 Å². The minimum Gasteiger partial charge on any atom is -0.311 e. The fourth-order valence-corrected chi connectivity index (χ4v) is 9.08. The highest BCUT2D eigenvalue weighted by Crippen LogP contribution is 2.43. The molecule has 306 valence electrons. The summed E-state index contributed by atoms with van der Waals surface area (Å²) in [6.07, 6.45) is 0. The highest BCUT2D eigenvalue weighted by molar-refractivity contribution is 6.26. The molecule has 0 saturated heterocycles. The number of hydrogen-bond donors (Lipinski definition) is 0. The van der Waals surface area contributed by atoms with E-state index in [9.17, 15) is 0 Å². The Bertz CT molecular complexity index is 3040. The fourth-order valence-electron chi connectivity index (χ4n) is 9.08. The zero-order chi connectivity index (χ0) is 43.6. The van der Waals surface area contributed by atoms with E-state index in [1.165, 1.54) is 43.4 Å². The third-order valence-electron chi connectivity index (χ3n) is 12.2. The average Bonchev–Trinajstić information content (AvgIpc) is 3.34. The first kappa shape index (κ1) is 40.1. The van der Waals surface area contributed by atoms with Gasteiger partial charge >= 0.3 is 0 Å². The summed E-state index contributed by atoms with van der Waals surface area (Å²) in [6.45, 7) is 9.14. The van der Waals surface area contributed by atoms with Gasteiger partial charge in [-0.2, -0.15) is 0 Å². The molecule has 0 unspecified atom stereocenters. The third-order valence-corrected chi connectivity index (χ3v) is 12.2. The van der Waals surface area contributed by atoms with Gasteiger partial charge in [0.1, 0.15) is 0 Å². The number of benzene rings is 10. The lowest BCUT2D eigenvalue weighted by Crippen LogP contribution is -2.09. The van der Waals surface area contributed by atoms with E-state index in [0.29, 0.717) is 11.8 Å². The molecule has 10 aromatic rings. The summed E-state index contributed by atoms with van der Waals surface area (Å²) < 4.78 is 0. The van der Waals surface area contributed by atoms with Gasteiger partial charge in [0.25, 0.3) is 0 Å². The molecular weight excluding hydrogens is 773 g/mol. The molecule has 0 atom stereocenters. The van der Waals surface area contributed by atoms with Gasteiger partial charge in [-0.1, -0.05) is 148 Å². The second-order valence-corrected chi connectivity index (χ2v) is 17.0. The minimum absolute atomic E-state index is 0.317. The smallest absolute Gasteiger partial charge is 0.0462 e. The Kier molecular flexibility index (Phi) is 10.9. The van der Waals surface area contributed by atoms with E-state index in [1.807, 2.05) is 0 Å². The summed E-state index contributed by atoms with van der Waals surface area (Å²) >= 11 is 0. The van der Waals surface area contributed by atoms with Crippen molar-refractivity contribution in [2.45, 2.75) is 39.5 Å². The van der Waals surface area contributed by atoms with Gasteiger partial charge < -0.3 is 9.80 Å². The maximum atomic E-state index is 3.66. The first-order valence-electron chi connectivity index (χ1n) is 22.2. The highest BCUT2D eigenvalue weighted by atomic mass is 15.1. The van der Waals surface area contributed by atoms with Crippen molar-refractivity contribution >= 4 is 66.4 Å². The Morgan fingerprint density at radius 2 is 0.578 bits per heavy atom.